The van der Waals surface area contributed by atoms with Crippen LogP contribution in [0.15, 0.2) is 36.7 Å². The van der Waals surface area contributed by atoms with E-state index in [1.807, 2.05) is 30.3 Å². The van der Waals surface area contributed by atoms with Crippen LogP contribution in [-0.2, 0) is 6.54 Å². The van der Waals surface area contributed by atoms with Crippen molar-refractivity contribution >= 4 is 11.5 Å². The van der Waals surface area contributed by atoms with Crippen molar-refractivity contribution in [3.05, 3.63) is 42.2 Å². The molecule has 20 heavy (non-hydrogen) atoms. The van der Waals surface area contributed by atoms with E-state index >= 15 is 0 Å². The van der Waals surface area contributed by atoms with Crippen molar-refractivity contribution in [2.45, 2.75) is 19.9 Å². The quantitative estimate of drug-likeness (QED) is 0.818. The Morgan fingerprint density at radius 3 is 2.60 bits per heavy atom. The molecular formula is C15H20N4O. The molecule has 2 rings (SSSR count). The third-order valence-electron chi connectivity index (χ3n) is 3.01. The Morgan fingerprint density at radius 2 is 1.95 bits per heavy atom. The maximum Gasteiger partial charge on any atom is 0.218 e. The molecule has 106 valence electrons. The molecule has 0 amide bonds. The van der Waals surface area contributed by atoms with Crippen molar-refractivity contribution in [1.82, 2.24) is 9.97 Å². The van der Waals surface area contributed by atoms with Gasteiger partial charge in [-0.25, -0.2) is 9.97 Å². The number of hydrogen-bond acceptors (Lipinski definition) is 5. The fourth-order valence-electron chi connectivity index (χ4n) is 2.00. The Kier molecular flexibility index (Phi) is 4.76. The summed E-state index contributed by atoms with van der Waals surface area (Å²) in [6.45, 7) is 3.85. The Bertz CT molecular complexity index is 542. The average molecular weight is 272 g/mol. The molecule has 0 radical (unpaired) electrons. The molecule has 0 unspecified atom stereocenters. The average Bonchev–Trinajstić information content (AvgIpc) is 2.49. The number of ether oxygens (including phenoxy) is 1. The van der Waals surface area contributed by atoms with Gasteiger partial charge in [-0.05, 0) is 24.1 Å². The summed E-state index contributed by atoms with van der Waals surface area (Å²) in [5.41, 5.74) is 7.69. The van der Waals surface area contributed by atoms with E-state index in [1.54, 1.807) is 7.11 Å². The molecule has 0 saturated heterocycles. The number of nitrogens with two attached hydrogens (primary N) is 1. The number of anilines is 2. The fraction of sp³-hybridized carbons (Fsp3) is 0.333. The van der Waals surface area contributed by atoms with Gasteiger partial charge in [0.05, 0.1) is 7.11 Å². The minimum Gasteiger partial charge on any atom is -0.481 e. The first-order valence-electron chi connectivity index (χ1n) is 6.68. The maximum absolute atomic E-state index is 5.71. The second-order valence-electron chi connectivity index (χ2n) is 4.58. The summed E-state index contributed by atoms with van der Waals surface area (Å²) < 4.78 is 5.15. The van der Waals surface area contributed by atoms with Crippen molar-refractivity contribution < 1.29 is 4.74 Å². The van der Waals surface area contributed by atoms with Gasteiger partial charge in [-0.1, -0.05) is 19.1 Å². The molecule has 5 nitrogen and oxygen atoms in total. The topological polar surface area (TPSA) is 64.3 Å². The first kappa shape index (κ1) is 14.1. The van der Waals surface area contributed by atoms with Gasteiger partial charge in [0, 0.05) is 24.8 Å². The van der Waals surface area contributed by atoms with Crippen molar-refractivity contribution in [3.8, 4) is 5.88 Å². The van der Waals surface area contributed by atoms with Crippen molar-refractivity contribution in [3.63, 3.8) is 0 Å². The Labute approximate surface area is 119 Å². The summed E-state index contributed by atoms with van der Waals surface area (Å²) in [6, 6.07) is 9.76. The number of benzene rings is 1. The molecule has 0 bridgehead atoms. The van der Waals surface area contributed by atoms with Crippen LogP contribution in [0.4, 0.5) is 11.5 Å². The second kappa shape index (κ2) is 6.75. The minimum absolute atomic E-state index is 0.577. The smallest absolute Gasteiger partial charge is 0.218 e. The third-order valence-corrected chi connectivity index (χ3v) is 3.01. The summed E-state index contributed by atoms with van der Waals surface area (Å²) in [6.07, 6.45) is 2.57. The molecule has 0 aliphatic heterocycles. The molecule has 0 atom stereocenters. The number of aromatic nitrogens is 2. The van der Waals surface area contributed by atoms with E-state index in [0.29, 0.717) is 5.88 Å². The Hall–Kier alpha value is -2.30. The lowest BCUT2D eigenvalue weighted by Crippen LogP contribution is -2.24. The molecule has 0 spiro atoms. The van der Waals surface area contributed by atoms with E-state index < -0.39 is 0 Å². The predicted molar refractivity (Wildman–Crippen MR) is 80.8 cm³/mol. The molecule has 0 aliphatic carbocycles. The van der Waals surface area contributed by atoms with Crippen LogP contribution in [0, 0.1) is 0 Å². The van der Waals surface area contributed by atoms with E-state index in [0.717, 1.165) is 31.0 Å². The van der Waals surface area contributed by atoms with E-state index in [1.165, 1.54) is 11.9 Å². The Morgan fingerprint density at radius 1 is 1.20 bits per heavy atom. The predicted octanol–water partition coefficient (Wildman–Crippen LogP) is 2.48. The largest absolute Gasteiger partial charge is 0.481 e. The lowest BCUT2D eigenvalue weighted by atomic mass is 10.2. The SMILES string of the molecule is CCCN(Cc1ccc(N)cc1)c1cc(OC)ncn1. The Balaban J connectivity index is 2.19. The van der Waals surface area contributed by atoms with Crippen LogP contribution in [0.5, 0.6) is 5.88 Å². The van der Waals surface area contributed by atoms with Gasteiger partial charge in [0.15, 0.2) is 0 Å². The van der Waals surface area contributed by atoms with Crippen LogP contribution in [0.25, 0.3) is 0 Å². The number of hydrogen-bond donors (Lipinski definition) is 1. The van der Waals surface area contributed by atoms with E-state index in [-0.39, 0.29) is 0 Å². The van der Waals surface area contributed by atoms with Gasteiger partial charge in [0.1, 0.15) is 12.1 Å². The lowest BCUT2D eigenvalue weighted by molar-refractivity contribution is 0.396. The van der Waals surface area contributed by atoms with Crippen LogP contribution < -0.4 is 15.4 Å². The molecule has 0 aliphatic rings. The van der Waals surface area contributed by atoms with Gasteiger partial charge >= 0.3 is 0 Å². The van der Waals surface area contributed by atoms with Crippen LogP contribution in [0.2, 0.25) is 0 Å². The standard InChI is InChI=1S/C15H20N4O/c1-3-8-19(10-12-4-6-13(16)7-5-12)14-9-15(20-2)18-11-17-14/h4-7,9,11H,3,8,10,16H2,1-2H3. The highest BCUT2D eigenvalue weighted by Gasteiger charge is 2.09. The summed E-state index contributed by atoms with van der Waals surface area (Å²) >= 11 is 0. The van der Waals surface area contributed by atoms with Crippen LogP contribution in [0.3, 0.4) is 0 Å². The van der Waals surface area contributed by atoms with Crippen LogP contribution in [0.1, 0.15) is 18.9 Å². The van der Waals surface area contributed by atoms with E-state index in [4.69, 9.17) is 10.5 Å². The highest BCUT2D eigenvalue weighted by molar-refractivity contribution is 5.44. The zero-order valence-electron chi connectivity index (χ0n) is 11.9. The first-order valence-corrected chi connectivity index (χ1v) is 6.68. The summed E-state index contributed by atoms with van der Waals surface area (Å²) in [7, 11) is 1.61. The zero-order valence-corrected chi connectivity index (χ0v) is 11.9. The fourth-order valence-corrected chi connectivity index (χ4v) is 2.00. The third kappa shape index (κ3) is 3.60. The maximum atomic E-state index is 5.71. The highest BCUT2D eigenvalue weighted by Crippen LogP contribution is 2.18. The molecule has 2 aromatic rings. The molecule has 1 aromatic heterocycles. The van der Waals surface area contributed by atoms with Gasteiger partial charge < -0.3 is 15.4 Å². The van der Waals surface area contributed by atoms with Gasteiger partial charge in [-0.3, -0.25) is 0 Å². The van der Waals surface area contributed by atoms with Gasteiger partial charge in [-0.2, -0.15) is 0 Å². The summed E-state index contributed by atoms with van der Waals surface area (Å²) in [5, 5.41) is 0. The number of nitrogens with zero attached hydrogens (tertiary/aromatic N) is 3. The number of rotatable bonds is 6. The van der Waals surface area contributed by atoms with Crippen molar-refractivity contribution in [2.24, 2.45) is 0 Å². The lowest BCUT2D eigenvalue weighted by Gasteiger charge is -2.23. The molecule has 5 heteroatoms. The van der Waals surface area contributed by atoms with Crippen LogP contribution in [-0.4, -0.2) is 23.6 Å². The first-order chi connectivity index (χ1) is 9.72. The summed E-state index contributed by atoms with van der Waals surface area (Å²) in [5.74, 6) is 1.45. The molecule has 2 N–H and O–H groups in total. The number of methoxy groups -OCH3 is 1. The molecular weight excluding hydrogens is 252 g/mol. The van der Waals surface area contributed by atoms with E-state index in [2.05, 4.69) is 21.8 Å². The zero-order chi connectivity index (χ0) is 14.4. The minimum atomic E-state index is 0.577. The molecule has 1 aromatic carbocycles. The molecule has 1 heterocycles. The van der Waals surface area contributed by atoms with E-state index in [9.17, 15) is 0 Å². The number of nitrogen functional groups attached to an aromatic ring is 1. The highest BCUT2D eigenvalue weighted by atomic mass is 16.5. The van der Waals surface area contributed by atoms with Crippen molar-refractivity contribution in [2.75, 3.05) is 24.3 Å². The van der Waals surface area contributed by atoms with Gasteiger partial charge in [-0.15, -0.1) is 0 Å². The second-order valence-corrected chi connectivity index (χ2v) is 4.58. The van der Waals surface area contributed by atoms with Crippen LogP contribution >= 0.6 is 0 Å². The normalized spacial score (nSPS) is 10.3. The van der Waals surface area contributed by atoms with Gasteiger partial charge in [0.2, 0.25) is 5.88 Å². The molecule has 0 saturated carbocycles. The molecule has 0 fully saturated rings. The summed E-state index contributed by atoms with van der Waals surface area (Å²) in [4.78, 5) is 10.6. The monoisotopic (exact) mass is 272 g/mol. The van der Waals surface area contributed by atoms with Crippen molar-refractivity contribution in [1.29, 1.82) is 0 Å². The van der Waals surface area contributed by atoms with Gasteiger partial charge in [0.25, 0.3) is 0 Å².